The van der Waals surface area contributed by atoms with Crippen LogP contribution in [0.25, 0.3) is 0 Å². The molecule has 0 aromatic carbocycles. The molecule has 1 aromatic heterocycles. The van der Waals surface area contributed by atoms with E-state index in [2.05, 4.69) is 5.10 Å². The Labute approximate surface area is 143 Å². The van der Waals surface area contributed by atoms with E-state index in [1.807, 2.05) is 0 Å². The van der Waals surface area contributed by atoms with Crippen LogP contribution in [0.5, 0.6) is 0 Å². The first-order valence-electron chi connectivity index (χ1n) is 6.66. The molecule has 12 nitrogen and oxygen atoms in total. The number of aliphatic hydroxyl groups is 3. The topological polar surface area (TPSA) is 196 Å². The third kappa shape index (κ3) is 3.05. The minimum Gasteiger partial charge on any atom is -0.394 e. The van der Waals surface area contributed by atoms with Crippen LogP contribution in [0.1, 0.15) is 17.7 Å². The first-order valence-corrected chi connectivity index (χ1v) is 7.04. The zero-order chi connectivity index (χ0) is 18.9. The van der Waals surface area contributed by atoms with Crippen molar-refractivity contribution in [2.24, 2.45) is 0 Å². The van der Waals surface area contributed by atoms with Crippen molar-refractivity contribution in [1.82, 2.24) is 9.78 Å². The second-order valence-corrected chi connectivity index (χ2v) is 5.36. The molecular weight excluding hydrogens is 362 g/mol. The van der Waals surface area contributed by atoms with Gasteiger partial charge in [0.05, 0.1) is 23.8 Å². The normalized spacial score (nSPS) is 25.6. The lowest BCUT2D eigenvalue weighted by atomic mass is 10.0. The Hall–Kier alpha value is -2.61. The van der Waals surface area contributed by atoms with Crippen molar-refractivity contribution in [2.75, 3.05) is 6.61 Å². The Morgan fingerprint density at radius 3 is 2.44 bits per heavy atom. The Bertz CT molecular complexity index is 830. The average Bonchev–Trinajstić information content (AvgIpc) is 2.87. The highest BCUT2D eigenvalue weighted by atomic mass is 35.5. The van der Waals surface area contributed by atoms with Crippen molar-refractivity contribution < 1.29 is 25.0 Å². The highest BCUT2D eigenvalue weighted by molar-refractivity contribution is 6.31. The molecule has 3 N–H and O–H groups in total. The average molecular weight is 372 g/mol. The van der Waals surface area contributed by atoms with Crippen LogP contribution in [0.15, 0.2) is 4.79 Å². The van der Waals surface area contributed by atoms with Crippen molar-refractivity contribution >= 4 is 17.4 Å². The molecule has 1 aromatic rings. The summed E-state index contributed by atoms with van der Waals surface area (Å²) in [5.41, 5.74) is -1.85. The van der Waals surface area contributed by atoms with Crippen molar-refractivity contribution in [3.8, 4) is 12.1 Å². The molecule has 4 atom stereocenters. The molecule has 0 aliphatic carbocycles. The smallest absolute Gasteiger partial charge is 0.394 e. The van der Waals surface area contributed by atoms with Gasteiger partial charge in [-0.25, -0.2) is 0 Å². The Kier molecular flexibility index (Phi) is 5.32. The predicted molar refractivity (Wildman–Crippen MR) is 77.1 cm³/mol. The predicted octanol–water partition coefficient (Wildman–Crippen LogP) is -1.45. The second kappa shape index (κ2) is 7.10. The lowest BCUT2D eigenvalue weighted by Crippen LogP contribution is -2.37. The molecule has 0 bridgehead atoms. The molecule has 0 saturated carbocycles. The van der Waals surface area contributed by atoms with Gasteiger partial charge < -0.3 is 30.2 Å². The zero-order valence-electron chi connectivity index (χ0n) is 12.2. The summed E-state index contributed by atoms with van der Waals surface area (Å²) in [6.45, 7) is -0.692. The number of hydrogen-bond acceptors (Lipinski definition) is 10. The standard InChI is InChI=1S/C12H10ClN5O7/c13-7-6(4(1-14)2-15)10(18(23)24)16-17(11(7)22)12-9(21)8(20)5(3-19)25-12/h4-5,8-9,12,19-21H,3H2/t5-,8-,9-,12-/m1/s1. The van der Waals surface area contributed by atoms with E-state index in [-0.39, 0.29) is 0 Å². The molecule has 25 heavy (non-hydrogen) atoms. The summed E-state index contributed by atoms with van der Waals surface area (Å²) >= 11 is 5.80. The van der Waals surface area contributed by atoms with Crippen molar-refractivity contribution in [2.45, 2.75) is 30.5 Å². The van der Waals surface area contributed by atoms with Gasteiger partial charge in [-0.15, -0.1) is 4.68 Å². The minimum absolute atomic E-state index is 0.333. The van der Waals surface area contributed by atoms with E-state index in [0.29, 0.717) is 4.68 Å². The molecule has 1 fully saturated rings. The lowest BCUT2D eigenvalue weighted by molar-refractivity contribution is -0.391. The quantitative estimate of drug-likeness (QED) is 0.415. The number of nitro groups is 1. The first-order chi connectivity index (χ1) is 11.8. The van der Waals surface area contributed by atoms with E-state index in [1.54, 1.807) is 0 Å². The van der Waals surface area contributed by atoms with Gasteiger partial charge in [-0.05, 0) is 4.92 Å². The van der Waals surface area contributed by atoms with Crippen LogP contribution >= 0.6 is 11.6 Å². The molecule has 1 saturated heterocycles. The van der Waals surface area contributed by atoms with Gasteiger partial charge in [0.2, 0.25) is 6.23 Å². The molecule has 0 radical (unpaired) electrons. The fraction of sp³-hybridized carbons (Fsp3) is 0.500. The van der Waals surface area contributed by atoms with E-state index < -0.39 is 64.0 Å². The minimum atomic E-state index is -1.73. The van der Waals surface area contributed by atoms with Gasteiger partial charge in [0.1, 0.15) is 28.9 Å². The SMILES string of the molecule is N#CC(C#N)c1c([N+](=O)[O-])nn([C@@H]2O[C@H](CO)[C@@H](O)[C@H]2O)c(=O)c1Cl. The van der Waals surface area contributed by atoms with Gasteiger partial charge in [-0.2, -0.15) is 10.5 Å². The maximum atomic E-state index is 12.3. The van der Waals surface area contributed by atoms with Crippen LogP contribution in [-0.4, -0.2) is 54.9 Å². The maximum Gasteiger partial charge on any atom is 0.395 e. The highest BCUT2D eigenvalue weighted by Crippen LogP contribution is 2.32. The summed E-state index contributed by atoms with van der Waals surface area (Å²) in [6, 6.07) is 2.92. The van der Waals surface area contributed by atoms with Gasteiger partial charge >= 0.3 is 11.4 Å². The van der Waals surface area contributed by atoms with Gasteiger partial charge in [-0.1, -0.05) is 11.6 Å². The van der Waals surface area contributed by atoms with Crippen LogP contribution in [0.3, 0.4) is 0 Å². The second-order valence-electron chi connectivity index (χ2n) is 4.98. The fourth-order valence-corrected chi connectivity index (χ4v) is 2.60. The molecule has 13 heteroatoms. The highest BCUT2D eigenvalue weighted by Gasteiger charge is 2.47. The zero-order valence-corrected chi connectivity index (χ0v) is 12.9. The van der Waals surface area contributed by atoms with E-state index in [1.165, 1.54) is 12.1 Å². The largest absolute Gasteiger partial charge is 0.395 e. The lowest BCUT2D eigenvalue weighted by Gasteiger charge is -2.14. The van der Waals surface area contributed by atoms with Crippen molar-refractivity contribution in [3.63, 3.8) is 0 Å². The fourth-order valence-electron chi connectivity index (χ4n) is 2.32. The van der Waals surface area contributed by atoms with Gasteiger partial charge in [0.25, 0.3) is 0 Å². The molecule has 0 amide bonds. The molecule has 132 valence electrons. The number of nitrogens with zero attached hydrogens (tertiary/aromatic N) is 5. The van der Waals surface area contributed by atoms with Crippen molar-refractivity contribution in [1.29, 1.82) is 10.5 Å². The number of rotatable bonds is 4. The summed E-state index contributed by atoms with van der Waals surface area (Å²) in [6.07, 6.45) is -6.22. The van der Waals surface area contributed by atoms with E-state index in [0.717, 1.165) is 0 Å². The van der Waals surface area contributed by atoms with Gasteiger partial charge in [0.15, 0.2) is 5.92 Å². The molecule has 0 unspecified atom stereocenters. The summed E-state index contributed by atoms with van der Waals surface area (Å²) in [5.74, 6) is -2.76. The van der Waals surface area contributed by atoms with E-state index in [4.69, 9.17) is 32.0 Å². The number of aromatic nitrogens is 2. The third-order valence-electron chi connectivity index (χ3n) is 3.55. The summed E-state index contributed by atoms with van der Waals surface area (Å²) in [7, 11) is 0. The molecule has 2 heterocycles. The van der Waals surface area contributed by atoms with Crippen LogP contribution in [-0.2, 0) is 4.74 Å². The maximum absolute atomic E-state index is 12.3. The van der Waals surface area contributed by atoms with Gasteiger partial charge in [0, 0.05) is 0 Å². The Balaban J connectivity index is 2.68. The molecule has 2 rings (SSSR count). The third-order valence-corrected chi connectivity index (χ3v) is 3.92. The van der Waals surface area contributed by atoms with Crippen LogP contribution < -0.4 is 5.56 Å². The molecular formula is C12H10ClN5O7. The molecule has 1 aliphatic heterocycles. The summed E-state index contributed by atoms with van der Waals surface area (Å²) in [4.78, 5) is 22.5. The Morgan fingerprint density at radius 2 is 2.00 bits per heavy atom. The number of nitriles is 2. The van der Waals surface area contributed by atoms with E-state index in [9.17, 15) is 25.1 Å². The number of hydrogen-bond donors (Lipinski definition) is 3. The van der Waals surface area contributed by atoms with Crippen LogP contribution in [0, 0.1) is 32.8 Å². The van der Waals surface area contributed by atoms with Crippen LogP contribution in [0.2, 0.25) is 5.02 Å². The molecule has 0 spiro atoms. The van der Waals surface area contributed by atoms with E-state index >= 15 is 0 Å². The van der Waals surface area contributed by atoms with Crippen molar-refractivity contribution in [3.05, 3.63) is 31.1 Å². The number of ether oxygens (including phenoxy) is 1. The summed E-state index contributed by atoms with van der Waals surface area (Å²) in [5, 5.41) is 60.3. The molecule has 1 aliphatic rings. The van der Waals surface area contributed by atoms with Gasteiger partial charge in [-0.3, -0.25) is 4.79 Å². The summed E-state index contributed by atoms with van der Waals surface area (Å²) < 4.78 is 5.42. The Morgan fingerprint density at radius 1 is 1.40 bits per heavy atom. The van der Waals surface area contributed by atoms with Crippen LogP contribution in [0.4, 0.5) is 5.82 Å². The number of aliphatic hydroxyl groups excluding tert-OH is 3. The monoisotopic (exact) mass is 371 g/mol. The number of halogens is 1. The first kappa shape index (κ1) is 18.7.